The van der Waals surface area contributed by atoms with Gasteiger partial charge in [0, 0.05) is 12.0 Å². The molecule has 28 heavy (non-hydrogen) atoms. The van der Waals surface area contributed by atoms with Gasteiger partial charge in [-0.1, -0.05) is 30.1 Å². The first-order valence-electron chi connectivity index (χ1n) is 9.32. The van der Waals surface area contributed by atoms with Crippen molar-refractivity contribution in [2.45, 2.75) is 40.0 Å². The van der Waals surface area contributed by atoms with Gasteiger partial charge in [0.1, 0.15) is 18.1 Å². The average molecular weight is 385 g/mol. The van der Waals surface area contributed by atoms with Crippen LogP contribution in [0.25, 0.3) is 0 Å². The van der Waals surface area contributed by atoms with Crippen LogP contribution in [-0.2, 0) is 4.84 Å². The number of oxime groups is 1. The molecular formula is C22H27NO5. The summed E-state index contributed by atoms with van der Waals surface area (Å²) < 4.78 is 11.0. The van der Waals surface area contributed by atoms with E-state index in [1.165, 1.54) is 26.4 Å². The third kappa shape index (κ3) is 4.68. The van der Waals surface area contributed by atoms with Crippen LogP contribution < -0.4 is 9.47 Å². The maximum absolute atomic E-state index is 12.6. The van der Waals surface area contributed by atoms with Gasteiger partial charge in [0.2, 0.25) is 0 Å². The van der Waals surface area contributed by atoms with Gasteiger partial charge < -0.3 is 14.3 Å². The first kappa shape index (κ1) is 21.4. The van der Waals surface area contributed by atoms with Crippen molar-refractivity contribution in [3.63, 3.8) is 0 Å². The molecule has 0 aromatic heterocycles. The van der Waals surface area contributed by atoms with E-state index in [0.29, 0.717) is 35.8 Å². The molecule has 0 atom stereocenters. The number of fused-ring (bicyclic) bond motifs is 1. The number of rotatable bonds is 9. The van der Waals surface area contributed by atoms with Gasteiger partial charge >= 0.3 is 0 Å². The molecule has 2 rings (SSSR count). The predicted octanol–water partition coefficient (Wildman–Crippen LogP) is 4.52. The van der Waals surface area contributed by atoms with Gasteiger partial charge in [-0.15, -0.1) is 0 Å². The summed E-state index contributed by atoms with van der Waals surface area (Å²) in [5.41, 5.74) is 2.71. The van der Waals surface area contributed by atoms with Crippen LogP contribution in [0.15, 0.2) is 35.0 Å². The molecule has 0 N–H and O–H groups in total. The molecule has 0 saturated heterocycles. The van der Waals surface area contributed by atoms with Crippen molar-refractivity contribution in [3.8, 4) is 11.5 Å². The zero-order valence-corrected chi connectivity index (χ0v) is 17.1. The number of methoxy groups -OCH3 is 2. The zero-order chi connectivity index (χ0) is 20.7. The Labute approximate surface area is 165 Å². The number of carbonyl (C=O) groups excluding carboxylic acids is 2. The highest BCUT2D eigenvalue weighted by molar-refractivity contribution is 6.25. The molecular weight excluding hydrogens is 358 g/mol. The van der Waals surface area contributed by atoms with Gasteiger partial charge in [0.25, 0.3) is 0 Å². The molecule has 0 aliphatic heterocycles. The third-order valence-corrected chi connectivity index (χ3v) is 4.32. The van der Waals surface area contributed by atoms with Crippen LogP contribution in [0.5, 0.6) is 11.5 Å². The molecule has 0 fully saturated rings. The van der Waals surface area contributed by atoms with Crippen LogP contribution in [-0.4, -0.2) is 38.1 Å². The number of unbranched alkanes of at least 4 members (excludes halogenated alkanes) is 1. The maximum atomic E-state index is 12.6. The Kier molecular flexibility index (Phi) is 7.55. The van der Waals surface area contributed by atoms with E-state index in [9.17, 15) is 9.59 Å². The topological polar surface area (TPSA) is 74.2 Å². The molecule has 6 heteroatoms. The Morgan fingerprint density at radius 3 is 2.32 bits per heavy atom. The molecule has 6 nitrogen and oxygen atoms in total. The highest BCUT2D eigenvalue weighted by Gasteiger charge is 2.31. The summed E-state index contributed by atoms with van der Waals surface area (Å²) in [6.07, 6.45) is 6.89. The molecule has 0 saturated carbocycles. The fraction of sp³-hybridized carbons (Fsp3) is 0.409. The molecule has 1 aliphatic carbocycles. The highest BCUT2D eigenvalue weighted by atomic mass is 16.6. The summed E-state index contributed by atoms with van der Waals surface area (Å²) >= 11 is 0. The molecule has 0 amide bonds. The molecule has 0 bridgehead atoms. The van der Waals surface area contributed by atoms with E-state index in [1.807, 2.05) is 19.9 Å². The monoisotopic (exact) mass is 385 g/mol. The van der Waals surface area contributed by atoms with Crippen molar-refractivity contribution in [1.29, 1.82) is 0 Å². The summed E-state index contributed by atoms with van der Waals surface area (Å²) in [4.78, 5) is 30.4. The van der Waals surface area contributed by atoms with Gasteiger partial charge in [-0.2, -0.15) is 0 Å². The van der Waals surface area contributed by atoms with Crippen LogP contribution in [0.3, 0.4) is 0 Å². The second-order valence-corrected chi connectivity index (χ2v) is 6.68. The number of hydrogen-bond acceptors (Lipinski definition) is 6. The van der Waals surface area contributed by atoms with Crippen LogP contribution >= 0.6 is 0 Å². The second kappa shape index (κ2) is 9.88. The number of carbonyl (C=O) groups is 2. The number of ketones is 2. The minimum Gasteiger partial charge on any atom is -0.496 e. The Hall–Kier alpha value is -2.89. The van der Waals surface area contributed by atoms with E-state index in [4.69, 9.17) is 14.3 Å². The van der Waals surface area contributed by atoms with Crippen LogP contribution in [0.1, 0.15) is 66.3 Å². The van der Waals surface area contributed by atoms with Gasteiger partial charge in [0.15, 0.2) is 11.6 Å². The molecule has 0 radical (unpaired) electrons. The van der Waals surface area contributed by atoms with Crippen LogP contribution in [0, 0.1) is 0 Å². The predicted molar refractivity (Wildman–Crippen MR) is 109 cm³/mol. The van der Waals surface area contributed by atoms with Crippen molar-refractivity contribution in [3.05, 3.63) is 46.6 Å². The Morgan fingerprint density at radius 1 is 1.07 bits per heavy atom. The lowest BCUT2D eigenvalue weighted by molar-refractivity contribution is 0.0989. The fourth-order valence-corrected chi connectivity index (χ4v) is 2.85. The number of allylic oxidation sites excluding steroid dienone is 4. The smallest absolute Gasteiger partial charge is 0.190 e. The van der Waals surface area contributed by atoms with Crippen molar-refractivity contribution in [2.24, 2.45) is 5.16 Å². The summed E-state index contributed by atoms with van der Waals surface area (Å²) in [5, 5.41) is 4.30. The Bertz CT molecular complexity index is 845. The molecule has 0 spiro atoms. The van der Waals surface area contributed by atoms with E-state index < -0.39 is 0 Å². The Balaban J connectivity index is 2.65. The summed E-state index contributed by atoms with van der Waals surface area (Å²) in [6.45, 7) is 6.56. The SMILES string of the molecule is CCCCON=C(CC=C(C)C)c1cc(OC)c2c(c1OC)C(=O)C=CC2=O. The third-order valence-electron chi connectivity index (χ3n) is 4.32. The van der Waals surface area contributed by atoms with Crippen LogP contribution in [0.4, 0.5) is 0 Å². The summed E-state index contributed by atoms with van der Waals surface area (Å²) in [6, 6.07) is 1.68. The number of benzene rings is 1. The average Bonchev–Trinajstić information content (AvgIpc) is 2.68. The largest absolute Gasteiger partial charge is 0.496 e. The molecule has 0 heterocycles. The van der Waals surface area contributed by atoms with Gasteiger partial charge in [0.05, 0.1) is 31.1 Å². The van der Waals surface area contributed by atoms with E-state index in [0.717, 1.165) is 18.4 Å². The van der Waals surface area contributed by atoms with Gasteiger partial charge in [-0.3, -0.25) is 9.59 Å². The van der Waals surface area contributed by atoms with E-state index in [-0.39, 0.29) is 22.7 Å². The molecule has 150 valence electrons. The normalized spacial score (nSPS) is 13.2. The standard InChI is InChI=1S/C22H27NO5/c1-6-7-12-28-23-16(9-8-14(2)3)15-13-19(26-4)20-17(24)10-11-18(25)21(20)22(15)27-5/h8,10-11,13H,6-7,9,12H2,1-5H3. The van der Waals surface area contributed by atoms with E-state index in [2.05, 4.69) is 12.1 Å². The van der Waals surface area contributed by atoms with Gasteiger partial charge in [-0.25, -0.2) is 0 Å². The number of hydrogen-bond donors (Lipinski definition) is 0. The number of nitrogens with zero attached hydrogens (tertiary/aromatic N) is 1. The second-order valence-electron chi connectivity index (χ2n) is 6.68. The van der Waals surface area contributed by atoms with Crippen molar-refractivity contribution in [1.82, 2.24) is 0 Å². The summed E-state index contributed by atoms with van der Waals surface area (Å²) in [7, 11) is 2.94. The van der Waals surface area contributed by atoms with Gasteiger partial charge in [-0.05, 0) is 38.5 Å². The van der Waals surface area contributed by atoms with Crippen molar-refractivity contribution < 1.29 is 23.9 Å². The maximum Gasteiger partial charge on any atom is 0.190 e. The lowest BCUT2D eigenvalue weighted by atomic mass is 9.89. The van der Waals surface area contributed by atoms with Crippen molar-refractivity contribution >= 4 is 17.3 Å². The molecule has 1 aliphatic rings. The number of ether oxygens (including phenoxy) is 2. The molecule has 1 aromatic rings. The highest BCUT2D eigenvalue weighted by Crippen LogP contribution is 2.38. The van der Waals surface area contributed by atoms with E-state index >= 15 is 0 Å². The molecule has 0 unspecified atom stereocenters. The van der Waals surface area contributed by atoms with Crippen molar-refractivity contribution in [2.75, 3.05) is 20.8 Å². The Morgan fingerprint density at radius 2 is 1.75 bits per heavy atom. The fourth-order valence-electron chi connectivity index (χ4n) is 2.85. The summed E-state index contributed by atoms with van der Waals surface area (Å²) in [5.74, 6) is 0.0174. The van der Waals surface area contributed by atoms with Crippen LogP contribution in [0.2, 0.25) is 0 Å². The lowest BCUT2D eigenvalue weighted by Gasteiger charge is -2.20. The lowest BCUT2D eigenvalue weighted by Crippen LogP contribution is -2.18. The first-order chi connectivity index (χ1) is 13.4. The minimum absolute atomic E-state index is 0.197. The quantitative estimate of drug-likeness (QED) is 0.270. The first-order valence-corrected chi connectivity index (χ1v) is 9.32. The molecule has 1 aromatic carbocycles. The zero-order valence-electron chi connectivity index (χ0n) is 17.1. The minimum atomic E-state index is -0.305. The van der Waals surface area contributed by atoms with E-state index in [1.54, 1.807) is 6.07 Å².